The second-order valence-electron chi connectivity index (χ2n) is 4.30. The van der Waals surface area contributed by atoms with Gasteiger partial charge in [0.1, 0.15) is 6.61 Å². The van der Waals surface area contributed by atoms with Crippen molar-refractivity contribution in [2.75, 3.05) is 11.9 Å². The summed E-state index contributed by atoms with van der Waals surface area (Å²) in [6, 6.07) is 5.01. The van der Waals surface area contributed by atoms with Gasteiger partial charge in [0.2, 0.25) is 5.91 Å². The monoisotopic (exact) mass is 277 g/mol. The van der Waals surface area contributed by atoms with E-state index in [-0.39, 0.29) is 31.3 Å². The van der Waals surface area contributed by atoms with E-state index in [4.69, 9.17) is 9.47 Å². The number of nitrogens with one attached hydrogen (secondary N) is 1. The van der Waals surface area contributed by atoms with Crippen LogP contribution in [0.3, 0.4) is 0 Å². The van der Waals surface area contributed by atoms with Gasteiger partial charge in [-0.15, -0.1) is 0 Å². The molecular formula is C14H15NO5. The largest absolute Gasteiger partial charge is 0.466 e. The summed E-state index contributed by atoms with van der Waals surface area (Å²) < 4.78 is 9.61. The van der Waals surface area contributed by atoms with Crippen LogP contribution in [0.5, 0.6) is 0 Å². The zero-order chi connectivity index (χ0) is 14.5. The van der Waals surface area contributed by atoms with E-state index < -0.39 is 5.97 Å². The molecule has 0 spiro atoms. The number of benzene rings is 1. The van der Waals surface area contributed by atoms with Crippen LogP contribution >= 0.6 is 0 Å². The molecular weight excluding hydrogens is 262 g/mol. The average molecular weight is 277 g/mol. The number of fused-ring (bicyclic) bond motifs is 1. The molecule has 0 atom stereocenters. The van der Waals surface area contributed by atoms with E-state index in [1.807, 2.05) is 0 Å². The van der Waals surface area contributed by atoms with Crippen molar-refractivity contribution in [3.63, 3.8) is 0 Å². The first kappa shape index (κ1) is 14.0. The van der Waals surface area contributed by atoms with Crippen molar-refractivity contribution < 1.29 is 23.9 Å². The number of hydrogen-bond acceptors (Lipinski definition) is 5. The molecule has 1 aliphatic heterocycles. The predicted molar refractivity (Wildman–Crippen MR) is 70.1 cm³/mol. The number of rotatable bonds is 5. The van der Waals surface area contributed by atoms with Crippen LogP contribution in [0.4, 0.5) is 5.69 Å². The third-order valence-corrected chi connectivity index (χ3v) is 2.83. The first-order chi connectivity index (χ1) is 9.60. The van der Waals surface area contributed by atoms with Gasteiger partial charge in [-0.1, -0.05) is 6.07 Å². The van der Waals surface area contributed by atoms with E-state index >= 15 is 0 Å². The summed E-state index contributed by atoms with van der Waals surface area (Å²) in [6.07, 6.45) is 0.0764. The van der Waals surface area contributed by atoms with E-state index in [1.54, 1.807) is 25.1 Å². The van der Waals surface area contributed by atoms with Crippen LogP contribution in [0.15, 0.2) is 18.2 Å². The molecule has 20 heavy (non-hydrogen) atoms. The standard InChI is InChI=1S/C14H15NO5/c1-2-19-13(17)6-5-12(16)15-10-4-3-9-8-20-14(18)11(9)7-10/h3-4,7H,2,5-6,8H2,1H3,(H,15,16). The summed E-state index contributed by atoms with van der Waals surface area (Å²) in [7, 11) is 0. The maximum Gasteiger partial charge on any atom is 0.338 e. The summed E-state index contributed by atoms with van der Waals surface area (Å²) in [6.45, 7) is 2.28. The molecule has 1 aromatic rings. The minimum Gasteiger partial charge on any atom is -0.466 e. The van der Waals surface area contributed by atoms with Crippen molar-refractivity contribution in [3.05, 3.63) is 29.3 Å². The molecule has 0 fully saturated rings. The number of cyclic esters (lactones) is 1. The van der Waals surface area contributed by atoms with Gasteiger partial charge in [-0.3, -0.25) is 9.59 Å². The van der Waals surface area contributed by atoms with Crippen LogP contribution < -0.4 is 5.32 Å². The number of amides is 1. The van der Waals surface area contributed by atoms with Crippen LogP contribution in [-0.4, -0.2) is 24.5 Å². The molecule has 1 aromatic carbocycles. The highest BCUT2D eigenvalue weighted by atomic mass is 16.5. The van der Waals surface area contributed by atoms with Crippen molar-refractivity contribution in [3.8, 4) is 0 Å². The molecule has 2 rings (SSSR count). The van der Waals surface area contributed by atoms with E-state index in [0.29, 0.717) is 17.9 Å². The molecule has 1 heterocycles. The summed E-state index contributed by atoms with van der Waals surface area (Å²) in [5, 5.41) is 2.64. The van der Waals surface area contributed by atoms with Crippen molar-refractivity contribution in [2.45, 2.75) is 26.4 Å². The normalized spacial score (nSPS) is 12.6. The maximum absolute atomic E-state index is 11.7. The topological polar surface area (TPSA) is 81.7 Å². The van der Waals surface area contributed by atoms with Gasteiger partial charge in [0.05, 0.1) is 18.6 Å². The second-order valence-corrected chi connectivity index (χ2v) is 4.30. The smallest absolute Gasteiger partial charge is 0.338 e. The third kappa shape index (κ3) is 3.34. The summed E-state index contributed by atoms with van der Waals surface area (Å²) in [5.74, 6) is -1.09. The number of carbonyl (C=O) groups is 3. The number of anilines is 1. The quantitative estimate of drug-likeness (QED) is 0.827. The number of carbonyl (C=O) groups excluding carboxylic acids is 3. The van der Waals surface area contributed by atoms with E-state index in [2.05, 4.69) is 5.32 Å². The highest BCUT2D eigenvalue weighted by Gasteiger charge is 2.21. The van der Waals surface area contributed by atoms with Gasteiger partial charge in [-0.2, -0.15) is 0 Å². The Bertz CT molecular complexity index is 552. The molecule has 1 aliphatic rings. The summed E-state index contributed by atoms with van der Waals surface area (Å²) >= 11 is 0. The molecule has 0 aromatic heterocycles. The van der Waals surface area contributed by atoms with Gasteiger partial charge < -0.3 is 14.8 Å². The molecule has 1 amide bonds. The zero-order valence-corrected chi connectivity index (χ0v) is 11.1. The van der Waals surface area contributed by atoms with Crippen molar-refractivity contribution >= 4 is 23.5 Å². The summed E-state index contributed by atoms with van der Waals surface area (Å²) in [5.41, 5.74) is 1.78. The van der Waals surface area contributed by atoms with E-state index in [0.717, 1.165) is 5.56 Å². The maximum atomic E-state index is 11.7. The fourth-order valence-corrected chi connectivity index (χ4v) is 1.86. The first-order valence-corrected chi connectivity index (χ1v) is 6.35. The Morgan fingerprint density at radius 2 is 2.15 bits per heavy atom. The number of ether oxygens (including phenoxy) is 2. The molecule has 106 valence electrons. The molecule has 6 nitrogen and oxygen atoms in total. The highest BCUT2D eigenvalue weighted by molar-refractivity contribution is 5.97. The minimum absolute atomic E-state index is 0.0344. The van der Waals surface area contributed by atoms with Crippen molar-refractivity contribution in [1.29, 1.82) is 0 Å². The van der Waals surface area contributed by atoms with Crippen molar-refractivity contribution in [2.24, 2.45) is 0 Å². The van der Waals surface area contributed by atoms with Crippen LogP contribution in [0, 0.1) is 0 Å². The second kappa shape index (κ2) is 6.18. The Balaban J connectivity index is 1.90. The minimum atomic E-state index is -0.403. The zero-order valence-electron chi connectivity index (χ0n) is 11.1. The molecule has 0 saturated carbocycles. The SMILES string of the molecule is CCOC(=O)CCC(=O)Nc1ccc2c(c1)C(=O)OC2. The lowest BCUT2D eigenvalue weighted by molar-refractivity contribution is -0.144. The molecule has 0 radical (unpaired) electrons. The van der Waals surface area contributed by atoms with E-state index in [9.17, 15) is 14.4 Å². The van der Waals surface area contributed by atoms with Crippen LogP contribution in [-0.2, 0) is 25.7 Å². The van der Waals surface area contributed by atoms with Gasteiger partial charge in [-0.25, -0.2) is 4.79 Å². The molecule has 0 bridgehead atoms. The third-order valence-electron chi connectivity index (χ3n) is 2.83. The fraction of sp³-hybridized carbons (Fsp3) is 0.357. The van der Waals surface area contributed by atoms with Gasteiger partial charge in [0.15, 0.2) is 0 Å². The highest BCUT2D eigenvalue weighted by Crippen LogP contribution is 2.23. The predicted octanol–water partition coefficient (Wildman–Crippen LogP) is 1.64. The fourth-order valence-electron chi connectivity index (χ4n) is 1.86. The first-order valence-electron chi connectivity index (χ1n) is 6.35. The lowest BCUT2D eigenvalue weighted by atomic mass is 10.1. The van der Waals surface area contributed by atoms with Crippen molar-refractivity contribution in [1.82, 2.24) is 0 Å². The number of esters is 2. The number of hydrogen-bond donors (Lipinski definition) is 1. The lowest BCUT2D eigenvalue weighted by Gasteiger charge is -2.06. The Labute approximate surface area is 116 Å². The molecule has 1 N–H and O–H groups in total. The molecule has 0 saturated heterocycles. The van der Waals surface area contributed by atoms with Crippen LogP contribution in [0.2, 0.25) is 0 Å². The Hall–Kier alpha value is -2.37. The Morgan fingerprint density at radius 3 is 2.90 bits per heavy atom. The Kier molecular flexibility index (Phi) is 4.34. The van der Waals surface area contributed by atoms with Gasteiger partial charge in [0.25, 0.3) is 0 Å². The van der Waals surface area contributed by atoms with Gasteiger partial charge in [-0.05, 0) is 19.1 Å². The van der Waals surface area contributed by atoms with Gasteiger partial charge in [0, 0.05) is 17.7 Å². The van der Waals surface area contributed by atoms with Crippen LogP contribution in [0.25, 0.3) is 0 Å². The van der Waals surface area contributed by atoms with Gasteiger partial charge >= 0.3 is 11.9 Å². The average Bonchev–Trinajstić information content (AvgIpc) is 2.78. The molecule has 6 heteroatoms. The molecule has 0 unspecified atom stereocenters. The lowest BCUT2D eigenvalue weighted by Crippen LogP contribution is -2.14. The molecule has 0 aliphatic carbocycles. The Morgan fingerprint density at radius 1 is 1.35 bits per heavy atom. The van der Waals surface area contributed by atoms with Crippen LogP contribution in [0.1, 0.15) is 35.7 Å². The van der Waals surface area contributed by atoms with E-state index in [1.165, 1.54) is 0 Å². The summed E-state index contributed by atoms with van der Waals surface area (Å²) in [4.78, 5) is 34.2.